The van der Waals surface area contributed by atoms with E-state index in [9.17, 15) is 0 Å². The smallest absolute Gasteiger partial charge is 0.0583 e. The Kier molecular flexibility index (Phi) is 5.34. The normalized spacial score (nSPS) is 17.7. The van der Waals surface area contributed by atoms with Crippen LogP contribution in [0.1, 0.15) is 43.0 Å². The van der Waals surface area contributed by atoms with Crippen LogP contribution >= 0.6 is 11.3 Å². The van der Waals surface area contributed by atoms with Gasteiger partial charge in [0.1, 0.15) is 0 Å². The summed E-state index contributed by atoms with van der Waals surface area (Å²) in [7, 11) is 2.32. The van der Waals surface area contributed by atoms with Crippen LogP contribution in [0.3, 0.4) is 0 Å². The summed E-state index contributed by atoms with van der Waals surface area (Å²) in [6, 6.07) is 15.1. The van der Waals surface area contributed by atoms with E-state index in [-0.39, 0.29) is 5.54 Å². The summed E-state index contributed by atoms with van der Waals surface area (Å²) in [6.45, 7) is 3.56. The van der Waals surface area contributed by atoms with E-state index in [4.69, 9.17) is 0 Å². The number of benzene rings is 1. The fourth-order valence-corrected chi connectivity index (χ4v) is 4.46. The van der Waals surface area contributed by atoms with E-state index in [1.54, 1.807) is 0 Å². The molecular formula is C21H27NS. The average Bonchev–Trinajstić information content (AvgIpc) is 3.22. The second-order valence-electron chi connectivity index (χ2n) is 6.70. The minimum atomic E-state index is 0.141. The Morgan fingerprint density at radius 1 is 1.17 bits per heavy atom. The molecule has 23 heavy (non-hydrogen) atoms. The molecule has 0 saturated heterocycles. The van der Waals surface area contributed by atoms with E-state index in [1.807, 2.05) is 11.3 Å². The largest absolute Gasteiger partial charge is 0.295 e. The third-order valence-electron chi connectivity index (χ3n) is 5.09. The molecule has 1 aromatic carbocycles. The maximum atomic E-state index is 2.62. The van der Waals surface area contributed by atoms with Crippen LogP contribution in [-0.4, -0.2) is 18.5 Å². The second-order valence-corrected chi connectivity index (χ2v) is 7.65. The van der Waals surface area contributed by atoms with Crippen molar-refractivity contribution in [3.05, 3.63) is 64.4 Å². The number of rotatable bonds is 8. The SMILES string of the molecule is CCC(CC=Cc1ccccc1)(c1cccs1)N(C)CC1CC1. The van der Waals surface area contributed by atoms with Crippen molar-refractivity contribution in [1.29, 1.82) is 0 Å². The predicted octanol–water partition coefficient (Wildman–Crippen LogP) is 5.80. The van der Waals surface area contributed by atoms with Gasteiger partial charge in [0.05, 0.1) is 5.54 Å². The van der Waals surface area contributed by atoms with Crippen molar-refractivity contribution in [3.63, 3.8) is 0 Å². The molecule has 1 saturated carbocycles. The summed E-state index contributed by atoms with van der Waals surface area (Å²) in [5.41, 5.74) is 1.43. The van der Waals surface area contributed by atoms with Gasteiger partial charge in [0.2, 0.25) is 0 Å². The third-order valence-corrected chi connectivity index (χ3v) is 6.15. The fourth-order valence-electron chi connectivity index (χ4n) is 3.39. The van der Waals surface area contributed by atoms with Gasteiger partial charge in [-0.1, -0.05) is 55.5 Å². The lowest BCUT2D eigenvalue weighted by molar-refractivity contribution is 0.112. The first kappa shape index (κ1) is 16.5. The predicted molar refractivity (Wildman–Crippen MR) is 102 cm³/mol. The first-order valence-corrected chi connectivity index (χ1v) is 9.59. The minimum absolute atomic E-state index is 0.141. The Bertz CT molecular complexity index is 613. The highest BCUT2D eigenvalue weighted by Crippen LogP contribution is 2.41. The maximum absolute atomic E-state index is 2.62. The van der Waals surface area contributed by atoms with E-state index in [1.165, 1.54) is 29.8 Å². The zero-order valence-corrected chi connectivity index (χ0v) is 15.1. The Morgan fingerprint density at radius 2 is 1.96 bits per heavy atom. The summed E-state index contributed by atoms with van der Waals surface area (Å²) in [4.78, 5) is 4.12. The first-order valence-electron chi connectivity index (χ1n) is 8.71. The van der Waals surface area contributed by atoms with E-state index in [2.05, 4.69) is 78.9 Å². The molecule has 1 aliphatic rings. The molecule has 0 bridgehead atoms. The summed E-state index contributed by atoms with van der Waals surface area (Å²) in [6.07, 6.45) is 9.67. The Balaban J connectivity index is 1.80. The molecule has 0 aliphatic heterocycles. The van der Waals surface area contributed by atoms with Crippen LogP contribution in [0.25, 0.3) is 6.08 Å². The van der Waals surface area contributed by atoms with Gasteiger partial charge in [-0.25, -0.2) is 0 Å². The highest BCUT2D eigenvalue weighted by molar-refractivity contribution is 7.10. The van der Waals surface area contributed by atoms with Crippen molar-refractivity contribution in [2.45, 2.75) is 38.1 Å². The maximum Gasteiger partial charge on any atom is 0.0583 e. The number of thiophene rings is 1. The molecule has 1 aliphatic carbocycles. The van der Waals surface area contributed by atoms with Crippen LogP contribution in [0, 0.1) is 5.92 Å². The zero-order chi connectivity index (χ0) is 16.1. The van der Waals surface area contributed by atoms with Crippen molar-refractivity contribution >= 4 is 17.4 Å². The van der Waals surface area contributed by atoms with Crippen LogP contribution in [0.4, 0.5) is 0 Å². The molecule has 0 spiro atoms. The lowest BCUT2D eigenvalue weighted by Gasteiger charge is -2.40. The molecule has 1 heterocycles. The molecule has 0 amide bonds. The number of hydrogen-bond donors (Lipinski definition) is 0. The monoisotopic (exact) mass is 325 g/mol. The van der Waals surface area contributed by atoms with E-state index < -0.39 is 0 Å². The molecule has 1 aromatic heterocycles. The molecule has 122 valence electrons. The van der Waals surface area contributed by atoms with Gasteiger partial charge in [-0.05, 0) is 55.7 Å². The lowest BCUT2D eigenvalue weighted by Crippen LogP contribution is -2.43. The summed E-state index contributed by atoms with van der Waals surface area (Å²) in [5, 5.41) is 2.21. The second kappa shape index (κ2) is 7.46. The van der Waals surface area contributed by atoms with Crippen molar-refractivity contribution in [3.8, 4) is 0 Å². The van der Waals surface area contributed by atoms with Crippen molar-refractivity contribution in [2.24, 2.45) is 5.92 Å². The van der Waals surface area contributed by atoms with Crippen LogP contribution in [0.5, 0.6) is 0 Å². The number of nitrogens with zero attached hydrogens (tertiary/aromatic N) is 1. The molecule has 1 nitrogen and oxygen atoms in total. The Morgan fingerprint density at radius 3 is 2.57 bits per heavy atom. The molecule has 2 aromatic rings. The third kappa shape index (κ3) is 3.94. The van der Waals surface area contributed by atoms with Gasteiger partial charge in [-0.2, -0.15) is 0 Å². The van der Waals surface area contributed by atoms with E-state index in [0.29, 0.717) is 0 Å². The van der Waals surface area contributed by atoms with Crippen LogP contribution < -0.4 is 0 Å². The highest BCUT2D eigenvalue weighted by atomic mass is 32.1. The molecule has 0 radical (unpaired) electrons. The summed E-state index contributed by atoms with van der Waals surface area (Å²) in [5.74, 6) is 0.920. The quantitative estimate of drug-likeness (QED) is 0.593. The zero-order valence-electron chi connectivity index (χ0n) is 14.2. The topological polar surface area (TPSA) is 3.24 Å². The van der Waals surface area contributed by atoms with E-state index in [0.717, 1.165) is 18.8 Å². The van der Waals surface area contributed by atoms with Crippen LogP contribution in [0.2, 0.25) is 0 Å². The van der Waals surface area contributed by atoms with E-state index >= 15 is 0 Å². The number of hydrogen-bond acceptors (Lipinski definition) is 2. The molecule has 1 unspecified atom stereocenters. The van der Waals surface area contributed by atoms with Crippen molar-refractivity contribution in [1.82, 2.24) is 4.90 Å². The van der Waals surface area contributed by atoms with Crippen molar-refractivity contribution in [2.75, 3.05) is 13.6 Å². The van der Waals surface area contributed by atoms with Gasteiger partial charge in [-0.3, -0.25) is 4.90 Å². The van der Waals surface area contributed by atoms with Gasteiger partial charge in [0, 0.05) is 11.4 Å². The molecule has 1 atom stereocenters. The molecular weight excluding hydrogens is 298 g/mol. The van der Waals surface area contributed by atoms with Crippen molar-refractivity contribution < 1.29 is 0 Å². The Labute approximate surface area is 144 Å². The first-order chi connectivity index (χ1) is 11.2. The van der Waals surface area contributed by atoms with Gasteiger partial charge in [0.25, 0.3) is 0 Å². The van der Waals surface area contributed by atoms with Gasteiger partial charge in [-0.15, -0.1) is 11.3 Å². The van der Waals surface area contributed by atoms with Gasteiger partial charge >= 0.3 is 0 Å². The van der Waals surface area contributed by atoms with Crippen LogP contribution in [0.15, 0.2) is 53.9 Å². The van der Waals surface area contributed by atoms with Gasteiger partial charge < -0.3 is 0 Å². The fraction of sp³-hybridized carbons (Fsp3) is 0.429. The lowest BCUT2D eigenvalue weighted by atomic mass is 9.87. The highest BCUT2D eigenvalue weighted by Gasteiger charge is 2.37. The molecule has 3 rings (SSSR count). The summed E-state index contributed by atoms with van der Waals surface area (Å²) < 4.78 is 0. The molecule has 0 N–H and O–H groups in total. The Hall–Kier alpha value is -1.38. The average molecular weight is 326 g/mol. The molecule has 2 heteroatoms. The van der Waals surface area contributed by atoms with Gasteiger partial charge in [0.15, 0.2) is 0 Å². The minimum Gasteiger partial charge on any atom is -0.295 e. The molecule has 1 fully saturated rings. The van der Waals surface area contributed by atoms with Crippen LogP contribution in [-0.2, 0) is 5.54 Å². The summed E-state index contributed by atoms with van der Waals surface area (Å²) >= 11 is 1.90. The standard InChI is InChI=1S/C21H27NS/c1-3-21(20-12-8-16-23-20,22(2)17-19-13-14-19)15-7-11-18-9-5-4-6-10-18/h4-12,16,19H,3,13-15,17H2,1-2H3.